The van der Waals surface area contributed by atoms with E-state index in [-0.39, 0.29) is 41.2 Å². The number of nitro groups is 1. The molecule has 0 bridgehead atoms. The quantitative estimate of drug-likeness (QED) is 0.401. The Hall–Kier alpha value is -3.75. The summed E-state index contributed by atoms with van der Waals surface area (Å²) in [6.07, 6.45) is -0.000359. The number of rotatable bonds is 6. The number of nitro benzene ring substituents is 1. The van der Waals surface area contributed by atoms with Crippen molar-refractivity contribution in [3.63, 3.8) is 0 Å². The van der Waals surface area contributed by atoms with Crippen LogP contribution in [0.25, 0.3) is 0 Å². The number of Topliss-reactive ketones (excluding diaryl/α,β-unsaturated/α-hetero) is 1. The van der Waals surface area contributed by atoms with Crippen molar-refractivity contribution >= 4 is 23.3 Å². The van der Waals surface area contributed by atoms with Gasteiger partial charge in [-0.1, -0.05) is 45.9 Å². The lowest BCUT2D eigenvalue weighted by atomic mass is 9.81. The molecule has 0 unspecified atom stereocenters. The van der Waals surface area contributed by atoms with Crippen LogP contribution in [0.3, 0.4) is 0 Å². The zero-order valence-corrected chi connectivity index (χ0v) is 18.8. The molecule has 9 nitrogen and oxygen atoms in total. The lowest BCUT2D eigenvalue weighted by Crippen LogP contribution is -2.61. The van der Waals surface area contributed by atoms with Crippen molar-refractivity contribution in [2.45, 2.75) is 57.8 Å². The maximum Gasteiger partial charge on any atom is 0.317 e. The molecule has 0 aromatic heterocycles. The summed E-state index contributed by atoms with van der Waals surface area (Å²) >= 11 is 0. The Morgan fingerprint density at radius 3 is 2.48 bits per heavy atom. The molecule has 1 aliphatic carbocycles. The first-order valence-corrected chi connectivity index (χ1v) is 10.8. The van der Waals surface area contributed by atoms with Crippen LogP contribution in [0.5, 0.6) is 5.75 Å². The summed E-state index contributed by atoms with van der Waals surface area (Å²) in [6.45, 7) is 7.17. The molecule has 0 fully saturated rings. The molecule has 0 radical (unpaired) electrons. The number of esters is 1. The number of benzene rings is 2. The predicted molar refractivity (Wildman–Crippen MR) is 117 cm³/mol. The number of amides is 1. The molecule has 2 atom stereocenters. The number of ether oxygens (including phenoxy) is 2. The van der Waals surface area contributed by atoms with Crippen molar-refractivity contribution in [3.8, 4) is 5.75 Å². The SMILES string of the molecule is CCC(=O)N[C@@]12C(=O)c3c([N+](=O)[O-])cccc3[C@]1(OC(=O)CC)Oc1cc(C(C)C)ccc12. The van der Waals surface area contributed by atoms with Gasteiger partial charge in [0, 0.05) is 24.5 Å². The van der Waals surface area contributed by atoms with Crippen molar-refractivity contribution in [1.82, 2.24) is 5.32 Å². The van der Waals surface area contributed by atoms with Crippen LogP contribution < -0.4 is 10.1 Å². The highest BCUT2D eigenvalue weighted by atomic mass is 16.7. The van der Waals surface area contributed by atoms with Gasteiger partial charge in [-0.2, -0.15) is 0 Å². The van der Waals surface area contributed by atoms with Crippen molar-refractivity contribution in [3.05, 3.63) is 68.8 Å². The largest absolute Gasteiger partial charge is 0.445 e. The van der Waals surface area contributed by atoms with E-state index < -0.39 is 39.6 Å². The second-order valence-electron chi connectivity index (χ2n) is 8.39. The Bertz CT molecular complexity index is 1210. The van der Waals surface area contributed by atoms with Crippen molar-refractivity contribution in [2.24, 2.45) is 0 Å². The standard InChI is InChI=1S/C24H24N2O7/c1-5-19(27)25-23-15-11-10-14(13(3)4)12-18(15)32-24(23,33-20(28)6-2)16-8-7-9-17(26(30)31)21(16)22(23)29/h7-13H,5-6H2,1-4H3,(H,25,27)/t23-,24+/m0/s1. The molecule has 2 aromatic rings. The van der Waals surface area contributed by atoms with Crippen LogP contribution in [0.15, 0.2) is 36.4 Å². The van der Waals surface area contributed by atoms with Crippen LogP contribution in [0, 0.1) is 10.1 Å². The maximum atomic E-state index is 14.0. The molecule has 1 heterocycles. The van der Waals surface area contributed by atoms with Gasteiger partial charge in [-0.05, 0) is 23.6 Å². The average molecular weight is 452 g/mol. The molecule has 0 saturated carbocycles. The van der Waals surface area contributed by atoms with E-state index in [0.717, 1.165) is 5.56 Å². The molecule has 172 valence electrons. The number of fused-ring (bicyclic) bond motifs is 5. The van der Waals surface area contributed by atoms with Crippen molar-refractivity contribution in [1.29, 1.82) is 0 Å². The third kappa shape index (κ3) is 2.95. The van der Waals surface area contributed by atoms with Gasteiger partial charge in [0.25, 0.3) is 5.69 Å². The molecule has 0 saturated heterocycles. The normalized spacial score (nSPS) is 22.3. The number of hydrogen-bond acceptors (Lipinski definition) is 7. The van der Waals surface area contributed by atoms with Gasteiger partial charge in [0.2, 0.25) is 17.2 Å². The van der Waals surface area contributed by atoms with E-state index in [4.69, 9.17) is 9.47 Å². The summed E-state index contributed by atoms with van der Waals surface area (Å²) in [7, 11) is 0. The van der Waals surface area contributed by atoms with E-state index in [9.17, 15) is 24.5 Å². The summed E-state index contributed by atoms with van der Waals surface area (Å²) in [5, 5.41) is 14.5. The van der Waals surface area contributed by atoms with Gasteiger partial charge in [-0.25, -0.2) is 0 Å². The van der Waals surface area contributed by atoms with E-state index >= 15 is 0 Å². The lowest BCUT2D eigenvalue weighted by molar-refractivity contribution is -0.385. The van der Waals surface area contributed by atoms with E-state index in [1.165, 1.54) is 18.2 Å². The van der Waals surface area contributed by atoms with E-state index in [1.54, 1.807) is 32.0 Å². The summed E-state index contributed by atoms with van der Waals surface area (Å²) in [4.78, 5) is 50.5. The number of carbonyl (C=O) groups excluding carboxylic acids is 3. The number of ketones is 1. The summed E-state index contributed by atoms with van der Waals surface area (Å²) in [6, 6.07) is 9.25. The molecule has 4 rings (SSSR count). The van der Waals surface area contributed by atoms with Gasteiger partial charge < -0.3 is 14.8 Å². The second kappa shape index (κ2) is 7.68. The Balaban J connectivity index is 2.09. The minimum atomic E-state index is -2.11. The monoisotopic (exact) mass is 452 g/mol. The van der Waals surface area contributed by atoms with Gasteiger partial charge in [-0.15, -0.1) is 0 Å². The molecule has 1 N–H and O–H groups in total. The number of nitrogens with one attached hydrogen (secondary N) is 1. The fourth-order valence-electron chi connectivity index (χ4n) is 4.51. The van der Waals surface area contributed by atoms with Gasteiger partial charge in [0.1, 0.15) is 11.3 Å². The average Bonchev–Trinajstić information content (AvgIpc) is 3.17. The molecular formula is C24H24N2O7. The minimum absolute atomic E-state index is 0.0298. The molecule has 1 aliphatic heterocycles. The maximum absolute atomic E-state index is 14.0. The van der Waals surface area contributed by atoms with E-state index in [1.807, 2.05) is 13.8 Å². The van der Waals surface area contributed by atoms with Gasteiger partial charge in [-0.3, -0.25) is 24.5 Å². The highest BCUT2D eigenvalue weighted by Crippen LogP contribution is 2.61. The van der Waals surface area contributed by atoms with Crippen LogP contribution in [-0.2, 0) is 25.7 Å². The molecule has 2 aromatic carbocycles. The van der Waals surface area contributed by atoms with Crippen molar-refractivity contribution in [2.75, 3.05) is 0 Å². The van der Waals surface area contributed by atoms with Gasteiger partial charge >= 0.3 is 11.8 Å². The zero-order chi connectivity index (χ0) is 24.1. The third-order valence-corrected chi connectivity index (χ3v) is 6.18. The lowest BCUT2D eigenvalue weighted by Gasteiger charge is -2.37. The highest BCUT2D eigenvalue weighted by molar-refractivity contribution is 6.14. The number of nitrogens with zero attached hydrogens (tertiary/aromatic N) is 1. The molecule has 33 heavy (non-hydrogen) atoms. The Labute approximate surface area is 190 Å². The molecule has 2 aliphatic rings. The zero-order valence-electron chi connectivity index (χ0n) is 18.8. The van der Waals surface area contributed by atoms with Crippen LogP contribution in [0.4, 0.5) is 5.69 Å². The Morgan fingerprint density at radius 1 is 1.15 bits per heavy atom. The Kier molecular flexibility index (Phi) is 5.23. The topological polar surface area (TPSA) is 125 Å². The third-order valence-electron chi connectivity index (χ3n) is 6.18. The minimum Gasteiger partial charge on any atom is -0.445 e. The first kappa shape index (κ1) is 22.4. The second-order valence-corrected chi connectivity index (χ2v) is 8.39. The van der Waals surface area contributed by atoms with Crippen LogP contribution in [-0.4, -0.2) is 22.6 Å². The Morgan fingerprint density at radius 2 is 1.88 bits per heavy atom. The summed E-state index contributed by atoms with van der Waals surface area (Å²) in [5.74, 6) is -3.65. The first-order valence-electron chi connectivity index (χ1n) is 10.8. The van der Waals surface area contributed by atoms with E-state index in [0.29, 0.717) is 0 Å². The fourth-order valence-corrected chi connectivity index (χ4v) is 4.51. The van der Waals surface area contributed by atoms with Crippen LogP contribution in [0.2, 0.25) is 0 Å². The predicted octanol–water partition coefficient (Wildman–Crippen LogP) is 3.83. The number of carbonyl (C=O) groups is 3. The van der Waals surface area contributed by atoms with Gasteiger partial charge in [0.05, 0.1) is 10.5 Å². The smallest absolute Gasteiger partial charge is 0.317 e. The highest BCUT2D eigenvalue weighted by Gasteiger charge is 2.75. The van der Waals surface area contributed by atoms with Crippen LogP contribution in [0.1, 0.15) is 73.5 Å². The molecular weight excluding hydrogens is 428 g/mol. The summed E-state index contributed by atoms with van der Waals surface area (Å²) in [5.41, 5.74) is -1.47. The molecule has 0 spiro atoms. The summed E-state index contributed by atoms with van der Waals surface area (Å²) < 4.78 is 12.1. The molecule has 9 heteroatoms. The van der Waals surface area contributed by atoms with Crippen molar-refractivity contribution < 1.29 is 28.8 Å². The van der Waals surface area contributed by atoms with Crippen LogP contribution >= 0.6 is 0 Å². The van der Waals surface area contributed by atoms with Gasteiger partial charge in [0.15, 0.2) is 0 Å². The fraction of sp³-hybridized carbons (Fsp3) is 0.375. The molecule has 1 amide bonds. The van der Waals surface area contributed by atoms with E-state index in [2.05, 4.69) is 5.32 Å². The number of hydrogen-bond donors (Lipinski definition) is 1. The first-order chi connectivity index (χ1) is 15.6.